The van der Waals surface area contributed by atoms with Gasteiger partial charge in [0, 0.05) is 11.5 Å². The van der Waals surface area contributed by atoms with Crippen molar-refractivity contribution in [1.29, 1.82) is 0 Å². The van der Waals surface area contributed by atoms with Gasteiger partial charge in [0.05, 0.1) is 17.6 Å². The van der Waals surface area contributed by atoms with Crippen LogP contribution < -0.4 is 5.43 Å². The molecule has 2 atom stereocenters. The van der Waals surface area contributed by atoms with Crippen LogP contribution in [-0.4, -0.2) is 12.6 Å². The fourth-order valence-electron chi connectivity index (χ4n) is 4.34. The summed E-state index contributed by atoms with van der Waals surface area (Å²) in [5.41, 5.74) is 2.92. The fraction of sp³-hybridized carbons (Fsp3) is 0.407. The summed E-state index contributed by atoms with van der Waals surface area (Å²) in [6.45, 7) is 4.54. The number of hydrogen-bond donors (Lipinski definition) is 0. The van der Waals surface area contributed by atoms with Crippen LogP contribution in [0.1, 0.15) is 85.0 Å². The van der Waals surface area contributed by atoms with E-state index in [9.17, 15) is 9.59 Å². The number of carbonyl (C=O) groups is 1. The van der Waals surface area contributed by atoms with Crippen molar-refractivity contribution in [3.8, 4) is 0 Å². The number of benzene rings is 2. The number of fused-ring (bicyclic) bond motifs is 1. The molecule has 0 amide bonds. The van der Waals surface area contributed by atoms with Crippen molar-refractivity contribution in [2.75, 3.05) is 6.61 Å². The summed E-state index contributed by atoms with van der Waals surface area (Å²) < 4.78 is 11.6. The molecule has 3 aromatic rings. The van der Waals surface area contributed by atoms with Crippen LogP contribution in [0.3, 0.4) is 0 Å². The van der Waals surface area contributed by atoms with E-state index in [-0.39, 0.29) is 17.3 Å². The molecule has 0 aliphatic heterocycles. The van der Waals surface area contributed by atoms with E-state index < -0.39 is 0 Å². The summed E-state index contributed by atoms with van der Waals surface area (Å²) in [7, 11) is 0. The molecule has 0 radical (unpaired) electrons. The summed E-state index contributed by atoms with van der Waals surface area (Å²) in [4.78, 5) is 25.7. The van der Waals surface area contributed by atoms with Gasteiger partial charge in [-0.1, -0.05) is 63.4 Å². The molecule has 1 heterocycles. The van der Waals surface area contributed by atoms with E-state index in [4.69, 9.17) is 9.15 Å². The van der Waals surface area contributed by atoms with Crippen LogP contribution in [0, 0.1) is 0 Å². The molecule has 0 saturated heterocycles. The lowest BCUT2D eigenvalue weighted by Gasteiger charge is -2.10. The minimum absolute atomic E-state index is 0.0324. The topological polar surface area (TPSA) is 56.5 Å². The van der Waals surface area contributed by atoms with E-state index in [1.165, 1.54) is 5.56 Å². The molecule has 1 saturated carbocycles. The molecule has 1 aliphatic rings. The molecule has 4 rings (SSSR count). The molecule has 0 N–H and O–H groups in total. The van der Waals surface area contributed by atoms with E-state index in [0.29, 0.717) is 35.5 Å². The van der Waals surface area contributed by atoms with Gasteiger partial charge in [0.25, 0.3) is 0 Å². The number of ether oxygens (including phenoxy) is 1. The highest BCUT2D eigenvalue weighted by Gasteiger charge is 2.43. The molecule has 31 heavy (non-hydrogen) atoms. The van der Waals surface area contributed by atoms with Gasteiger partial charge in [-0.15, -0.1) is 0 Å². The Bertz CT molecular complexity index is 1110. The SMILES string of the molecule is CCCCCCOC(=O)c1ccc2oc(C3CC3c3ccccc3)c(CC)c(=O)c2c1. The zero-order chi connectivity index (χ0) is 21.8. The standard InChI is InChI=1S/C27H30O4/c1-3-5-6-10-15-30-27(29)19-13-14-24-23(16-19)25(28)20(4-2)26(31-24)22-17-21(22)18-11-8-7-9-12-18/h7-9,11-14,16,21-22H,3-6,10,15,17H2,1-2H3. The van der Waals surface area contributed by atoms with Gasteiger partial charge in [-0.3, -0.25) is 4.79 Å². The first-order valence-corrected chi connectivity index (χ1v) is 11.5. The van der Waals surface area contributed by atoms with Crippen LogP contribution >= 0.6 is 0 Å². The monoisotopic (exact) mass is 418 g/mol. The molecule has 0 spiro atoms. The number of unbranched alkanes of at least 4 members (excludes halogenated alkanes) is 3. The van der Waals surface area contributed by atoms with E-state index in [0.717, 1.165) is 43.4 Å². The molecular formula is C27H30O4. The van der Waals surface area contributed by atoms with E-state index >= 15 is 0 Å². The van der Waals surface area contributed by atoms with Gasteiger partial charge in [-0.05, 0) is 48.9 Å². The lowest BCUT2D eigenvalue weighted by Crippen LogP contribution is -2.13. The van der Waals surface area contributed by atoms with Crippen molar-refractivity contribution in [2.24, 2.45) is 0 Å². The Balaban J connectivity index is 1.57. The average molecular weight is 419 g/mol. The predicted molar refractivity (Wildman–Crippen MR) is 123 cm³/mol. The average Bonchev–Trinajstić information content (AvgIpc) is 3.60. The third-order valence-corrected chi connectivity index (χ3v) is 6.19. The Hall–Kier alpha value is -2.88. The molecule has 1 aromatic heterocycles. The maximum Gasteiger partial charge on any atom is 0.338 e. The quantitative estimate of drug-likeness (QED) is 0.299. The first-order valence-electron chi connectivity index (χ1n) is 11.5. The van der Waals surface area contributed by atoms with Crippen LogP contribution in [-0.2, 0) is 11.2 Å². The highest BCUT2D eigenvalue weighted by molar-refractivity contribution is 5.94. The van der Waals surface area contributed by atoms with Gasteiger partial charge in [0.15, 0.2) is 5.43 Å². The third-order valence-electron chi connectivity index (χ3n) is 6.19. The zero-order valence-electron chi connectivity index (χ0n) is 18.4. The molecular weight excluding hydrogens is 388 g/mol. The highest BCUT2D eigenvalue weighted by atomic mass is 16.5. The predicted octanol–water partition coefficient (Wildman–Crippen LogP) is 6.36. The maximum absolute atomic E-state index is 13.3. The normalized spacial score (nSPS) is 17.6. The first-order chi connectivity index (χ1) is 15.1. The number of esters is 1. The highest BCUT2D eigenvalue weighted by Crippen LogP contribution is 2.55. The van der Waals surface area contributed by atoms with Crippen molar-refractivity contribution in [1.82, 2.24) is 0 Å². The molecule has 162 valence electrons. The second kappa shape index (κ2) is 9.51. The van der Waals surface area contributed by atoms with Gasteiger partial charge in [-0.25, -0.2) is 4.79 Å². The molecule has 2 aromatic carbocycles. The van der Waals surface area contributed by atoms with Gasteiger partial charge < -0.3 is 9.15 Å². The summed E-state index contributed by atoms with van der Waals surface area (Å²) >= 11 is 0. The Morgan fingerprint density at radius 2 is 1.84 bits per heavy atom. The van der Waals surface area contributed by atoms with E-state index in [2.05, 4.69) is 19.1 Å². The van der Waals surface area contributed by atoms with Crippen LogP contribution in [0.4, 0.5) is 0 Å². The zero-order valence-corrected chi connectivity index (χ0v) is 18.4. The van der Waals surface area contributed by atoms with E-state index in [1.54, 1.807) is 18.2 Å². The molecule has 0 bridgehead atoms. The van der Waals surface area contributed by atoms with Crippen molar-refractivity contribution in [3.63, 3.8) is 0 Å². The molecule has 1 aliphatic carbocycles. The number of hydrogen-bond acceptors (Lipinski definition) is 4. The van der Waals surface area contributed by atoms with Crippen molar-refractivity contribution >= 4 is 16.9 Å². The summed E-state index contributed by atoms with van der Waals surface area (Å²) in [6.07, 6.45) is 5.80. The fourth-order valence-corrected chi connectivity index (χ4v) is 4.34. The van der Waals surface area contributed by atoms with Gasteiger partial charge in [0.2, 0.25) is 0 Å². The minimum atomic E-state index is -0.383. The number of carbonyl (C=O) groups excluding carboxylic acids is 1. The summed E-state index contributed by atoms with van der Waals surface area (Å²) in [6, 6.07) is 15.4. The van der Waals surface area contributed by atoms with Crippen molar-refractivity contribution in [2.45, 2.75) is 64.2 Å². The second-order valence-corrected chi connectivity index (χ2v) is 8.39. The smallest absolute Gasteiger partial charge is 0.338 e. The van der Waals surface area contributed by atoms with Crippen LogP contribution in [0.25, 0.3) is 11.0 Å². The van der Waals surface area contributed by atoms with Crippen molar-refractivity contribution in [3.05, 3.63) is 81.2 Å². The Kier molecular flexibility index (Phi) is 6.55. The Labute approximate surface area is 183 Å². The Morgan fingerprint density at radius 3 is 2.58 bits per heavy atom. The number of rotatable bonds is 9. The Morgan fingerprint density at radius 1 is 1.03 bits per heavy atom. The summed E-state index contributed by atoms with van der Waals surface area (Å²) in [5, 5.41) is 0.456. The molecule has 4 nitrogen and oxygen atoms in total. The van der Waals surface area contributed by atoms with Crippen LogP contribution in [0.5, 0.6) is 0 Å². The van der Waals surface area contributed by atoms with E-state index in [1.807, 2.05) is 25.1 Å². The first kappa shape index (κ1) is 21.4. The lowest BCUT2D eigenvalue weighted by atomic mass is 10.0. The van der Waals surface area contributed by atoms with Crippen LogP contribution in [0.15, 0.2) is 57.7 Å². The minimum Gasteiger partial charge on any atom is -0.462 e. The summed E-state index contributed by atoms with van der Waals surface area (Å²) in [5.74, 6) is 1.06. The third kappa shape index (κ3) is 4.58. The van der Waals surface area contributed by atoms with Crippen LogP contribution in [0.2, 0.25) is 0 Å². The second-order valence-electron chi connectivity index (χ2n) is 8.39. The van der Waals surface area contributed by atoms with Gasteiger partial charge in [-0.2, -0.15) is 0 Å². The lowest BCUT2D eigenvalue weighted by molar-refractivity contribution is 0.0498. The maximum atomic E-state index is 13.3. The van der Waals surface area contributed by atoms with Crippen molar-refractivity contribution < 1.29 is 13.9 Å². The molecule has 2 unspecified atom stereocenters. The van der Waals surface area contributed by atoms with Gasteiger partial charge >= 0.3 is 5.97 Å². The largest absolute Gasteiger partial charge is 0.462 e. The van der Waals surface area contributed by atoms with Gasteiger partial charge in [0.1, 0.15) is 11.3 Å². The molecule has 1 fully saturated rings. The molecule has 4 heteroatoms.